The molecule has 9 heteroatoms. The maximum atomic E-state index is 12.3. The zero-order valence-electron chi connectivity index (χ0n) is 16.0. The van der Waals surface area contributed by atoms with Gasteiger partial charge in [-0.25, -0.2) is 4.98 Å². The van der Waals surface area contributed by atoms with Crippen LogP contribution in [0.3, 0.4) is 0 Å². The molecule has 2 heterocycles. The zero-order chi connectivity index (χ0) is 20.2. The van der Waals surface area contributed by atoms with Crippen LogP contribution in [0.4, 0.5) is 5.13 Å². The van der Waals surface area contributed by atoms with Crippen LogP contribution in [0.15, 0.2) is 21.9 Å². The fourth-order valence-electron chi connectivity index (χ4n) is 1.96. The van der Waals surface area contributed by atoms with Gasteiger partial charge in [-0.05, 0) is 19.1 Å². The Bertz CT molecular complexity index is 835. The molecule has 0 spiro atoms. The summed E-state index contributed by atoms with van der Waals surface area (Å²) in [6, 6.07) is 2.83. The average Bonchev–Trinajstić information content (AvgIpc) is 3.20. The molecule has 2 aromatic heterocycles. The maximum absolute atomic E-state index is 12.3. The van der Waals surface area contributed by atoms with Crippen LogP contribution in [-0.2, 0) is 20.9 Å². The van der Waals surface area contributed by atoms with Crippen LogP contribution >= 0.6 is 11.3 Å². The number of hydrogen-bond acceptors (Lipinski definition) is 6. The van der Waals surface area contributed by atoms with Gasteiger partial charge in [0.05, 0.1) is 6.54 Å². The van der Waals surface area contributed by atoms with Gasteiger partial charge in [0, 0.05) is 17.7 Å². The van der Waals surface area contributed by atoms with Gasteiger partial charge in [-0.2, -0.15) is 0 Å². The summed E-state index contributed by atoms with van der Waals surface area (Å²) in [5.41, 5.74) is 0.00711. The van der Waals surface area contributed by atoms with E-state index in [0.717, 1.165) is 0 Å². The second-order valence-corrected chi connectivity index (χ2v) is 8.01. The Morgan fingerprint density at radius 1 is 1.26 bits per heavy atom. The summed E-state index contributed by atoms with van der Waals surface area (Å²) >= 11 is 1.26. The van der Waals surface area contributed by atoms with Gasteiger partial charge in [-0.3, -0.25) is 14.4 Å². The molecule has 2 aromatic rings. The third-order valence-corrected chi connectivity index (χ3v) is 4.34. The number of rotatable bonds is 6. The van der Waals surface area contributed by atoms with Gasteiger partial charge in [-0.15, -0.1) is 11.3 Å². The molecule has 8 nitrogen and oxygen atoms in total. The Labute approximate surface area is 161 Å². The van der Waals surface area contributed by atoms with Crippen molar-refractivity contribution in [2.24, 2.45) is 5.41 Å². The summed E-state index contributed by atoms with van der Waals surface area (Å²) in [4.78, 5) is 39.5. The second-order valence-electron chi connectivity index (χ2n) is 7.15. The first-order chi connectivity index (χ1) is 12.6. The molecule has 0 aliphatic heterocycles. The number of carbonyl (C=O) groups is 3. The fourth-order valence-corrected chi connectivity index (χ4v) is 2.66. The number of anilines is 1. The standard InChI is InChI=1S/C18H24N4O4S/c1-10(20-16(25)18(3,4)5)15(24)22-17-21-13(9-27-17)14-7-6-12(26-14)8-19-11(2)23/h6-7,9-10H,8H2,1-5H3,(H,19,23)(H,20,25)(H,21,22,24). The van der Waals surface area contributed by atoms with E-state index in [1.165, 1.54) is 18.3 Å². The number of amides is 3. The van der Waals surface area contributed by atoms with Gasteiger partial charge in [0.25, 0.3) is 0 Å². The molecule has 1 unspecified atom stereocenters. The molecule has 0 aliphatic rings. The third kappa shape index (κ3) is 5.92. The van der Waals surface area contributed by atoms with Crippen molar-refractivity contribution < 1.29 is 18.8 Å². The van der Waals surface area contributed by atoms with E-state index in [-0.39, 0.29) is 17.7 Å². The molecule has 0 saturated heterocycles. The summed E-state index contributed by atoms with van der Waals surface area (Å²) in [6.45, 7) is 8.70. The van der Waals surface area contributed by atoms with E-state index in [0.29, 0.717) is 28.9 Å². The van der Waals surface area contributed by atoms with Crippen molar-refractivity contribution >= 4 is 34.2 Å². The first-order valence-electron chi connectivity index (χ1n) is 8.47. The van der Waals surface area contributed by atoms with Crippen LogP contribution in [0.1, 0.15) is 40.4 Å². The molecule has 0 fully saturated rings. The van der Waals surface area contributed by atoms with Crippen molar-refractivity contribution in [3.05, 3.63) is 23.3 Å². The number of hydrogen-bond donors (Lipinski definition) is 3. The van der Waals surface area contributed by atoms with Crippen LogP contribution in [0.2, 0.25) is 0 Å². The summed E-state index contributed by atoms with van der Waals surface area (Å²) in [5.74, 6) is 0.462. The molecule has 0 aromatic carbocycles. The van der Waals surface area contributed by atoms with Crippen molar-refractivity contribution in [3.8, 4) is 11.5 Å². The largest absolute Gasteiger partial charge is 0.458 e. The van der Waals surface area contributed by atoms with Crippen LogP contribution in [0.5, 0.6) is 0 Å². The number of nitrogens with zero attached hydrogens (tertiary/aromatic N) is 1. The van der Waals surface area contributed by atoms with Gasteiger partial charge >= 0.3 is 0 Å². The molecule has 0 radical (unpaired) electrons. The molecule has 0 saturated carbocycles. The monoisotopic (exact) mass is 392 g/mol. The first kappa shape index (κ1) is 20.6. The van der Waals surface area contributed by atoms with E-state index in [1.807, 2.05) is 0 Å². The quantitative estimate of drug-likeness (QED) is 0.699. The third-order valence-electron chi connectivity index (χ3n) is 3.58. The Kier molecular flexibility index (Phi) is 6.37. The lowest BCUT2D eigenvalue weighted by Crippen LogP contribution is -2.46. The van der Waals surface area contributed by atoms with Crippen LogP contribution in [0.25, 0.3) is 11.5 Å². The highest BCUT2D eigenvalue weighted by atomic mass is 32.1. The summed E-state index contributed by atoms with van der Waals surface area (Å²) in [5, 5.41) is 10.2. The average molecular weight is 392 g/mol. The number of aromatic nitrogens is 1. The SMILES string of the molecule is CC(=O)NCc1ccc(-c2csc(NC(=O)C(C)NC(=O)C(C)(C)C)n2)o1. The van der Waals surface area contributed by atoms with Crippen molar-refractivity contribution in [2.45, 2.75) is 47.2 Å². The van der Waals surface area contributed by atoms with Gasteiger partial charge < -0.3 is 20.4 Å². The minimum atomic E-state index is -0.683. The van der Waals surface area contributed by atoms with Crippen molar-refractivity contribution in [3.63, 3.8) is 0 Å². The minimum Gasteiger partial charge on any atom is -0.458 e. The molecular formula is C18H24N4O4S. The molecule has 3 amide bonds. The molecule has 0 aliphatic carbocycles. The van der Waals surface area contributed by atoms with Crippen molar-refractivity contribution in [1.29, 1.82) is 0 Å². The van der Waals surface area contributed by atoms with Crippen LogP contribution in [-0.4, -0.2) is 28.7 Å². The smallest absolute Gasteiger partial charge is 0.248 e. The van der Waals surface area contributed by atoms with Crippen LogP contribution < -0.4 is 16.0 Å². The van der Waals surface area contributed by atoms with E-state index in [1.54, 1.807) is 45.2 Å². The van der Waals surface area contributed by atoms with Crippen molar-refractivity contribution in [1.82, 2.24) is 15.6 Å². The normalized spacial score (nSPS) is 12.3. The molecule has 0 bridgehead atoms. The number of carbonyl (C=O) groups excluding carboxylic acids is 3. The lowest BCUT2D eigenvalue weighted by atomic mass is 9.95. The zero-order valence-corrected chi connectivity index (χ0v) is 16.8. The predicted molar refractivity (Wildman–Crippen MR) is 103 cm³/mol. The molecule has 2 rings (SSSR count). The fraction of sp³-hybridized carbons (Fsp3) is 0.444. The summed E-state index contributed by atoms with van der Waals surface area (Å²) in [7, 11) is 0. The van der Waals surface area contributed by atoms with E-state index < -0.39 is 11.5 Å². The summed E-state index contributed by atoms with van der Waals surface area (Å²) in [6.07, 6.45) is 0. The highest BCUT2D eigenvalue weighted by molar-refractivity contribution is 7.14. The lowest BCUT2D eigenvalue weighted by molar-refractivity contribution is -0.131. The Morgan fingerprint density at radius 2 is 1.96 bits per heavy atom. The molecule has 3 N–H and O–H groups in total. The van der Waals surface area contributed by atoms with Crippen molar-refractivity contribution in [2.75, 3.05) is 5.32 Å². The van der Waals surface area contributed by atoms with Gasteiger partial charge in [-0.1, -0.05) is 20.8 Å². The molecule has 27 heavy (non-hydrogen) atoms. The van der Waals surface area contributed by atoms with Crippen LogP contribution in [0, 0.1) is 5.41 Å². The summed E-state index contributed by atoms with van der Waals surface area (Å²) < 4.78 is 5.64. The molecular weight excluding hydrogens is 368 g/mol. The van der Waals surface area contributed by atoms with E-state index in [2.05, 4.69) is 20.9 Å². The Balaban J connectivity index is 1.96. The second kappa shape index (κ2) is 8.34. The number of nitrogens with one attached hydrogen (secondary N) is 3. The number of furan rings is 1. The first-order valence-corrected chi connectivity index (χ1v) is 9.35. The molecule has 146 valence electrons. The Hall–Kier alpha value is -2.68. The van der Waals surface area contributed by atoms with E-state index in [4.69, 9.17) is 4.42 Å². The van der Waals surface area contributed by atoms with E-state index in [9.17, 15) is 14.4 Å². The van der Waals surface area contributed by atoms with Gasteiger partial charge in [0.15, 0.2) is 10.9 Å². The van der Waals surface area contributed by atoms with E-state index >= 15 is 0 Å². The number of thiazole rings is 1. The highest BCUT2D eigenvalue weighted by Gasteiger charge is 2.25. The lowest BCUT2D eigenvalue weighted by Gasteiger charge is -2.21. The highest BCUT2D eigenvalue weighted by Crippen LogP contribution is 2.26. The maximum Gasteiger partial charge on any atom is 0.248 e. The predicted octanol–water partition coefficient (Wildman–Crippen LogP) is 2.53. The Morgan fingerprint density at radius 3 is 2.59 bits per heavy atom. The van der Waals surface area contributed by atoms with Gasteiger partial charge in [0.2, 0.25) is 17.7 Å². The minimum absolute atomic E-state index is 0.140. The van der Waals surface area contributed by atoms with Gasteiger partial charge in [0.1, 0.15) is 17.5 Å². The topological polar surface area (TPSA) is 113 Å². The molecule has 1 atom stereocenters.